The van der Waals surface area contributed by atoms with E-state index in [1.54, 1.807) is 0 Å². The van der Waals surface area contributed by atoms with Crippen molar-refractivity contribution in [3.05, 3.63) is 42.6 Å². The van der Waals surface area contributed by atoms with Crippen LogP contribution in [0.2, 0.25) is 0 Å². The Bertz CT molecular complexity index is 1520. The smallest absolute Gasteiger partial charge is 0.410 e. The van der Waals surface area contributed by atoms with Crippen LogP contribution in [0.25, 0.3) is 28.1 Å². The first-order chi connectivity index (χ1) is 19.8. The summed E-state index contributed by atoms with van der Waals surface area (Å²) in [6.07, 6.45) is 3.63. The molecule has 218 valence electrons. The van der Waals surface area contributed by atoms with Crippen LogP contribution in [-0.2, 0) is 4.74 Å². The number of fused-ring (bicyclic) bond motifs is 4. The molecule has 0 bridgehead atoms. The van der Waals surface area contributed by atoms with E-state index in [0.29, 0.717) is 37.1 Å². The number of likely N-dealkylation sites (N-methyl/N-ethyl adjacent to an activating group) is 1. The Morgan fingerprint density at radius 2 is 1.85 bits per heavy atom. The van der Waals surface area contributed by atoms with Crippen molar-refractivity contribution in [3.63, 3.8) is 0 Å². The van der Waals surface area contributed by atoms with Crippen molar-refractivity contribution in [1.82, 2.24) is 24.5 Å². The molecule has 5 heterocycles. The van der Waals surface area contributed by atoms with Crippen LogP contribution in [0.1, 0.15) is 47.5 Å². The molecule has 1 aromatic carbocycles. The van der Waals surface area contributed by atoms with Gasteiger partial charge in [-0.1, -0.05) is 32.0 Å². The summed E-state index contributed by atoms with van der Waals surface area (Å²) in [7, 11) is 2.05. The maximum absolute atomic E-state index is 12.4. The fourth-order valence-corrected chi connectivity index (χ4v) is 5.26. The average molecular weight is 560 g/mol. The quantitative estimate of drug-likeness (QED) is 0.332. The van der Waals surface area contributed by atoms with Crippen molar-refractivity contribution in [3.8, 4) is 17.3 Å². The molecule has 1 N–H and O–H groups in total. The summed E-state index contributed by atoms with van der Waals surface area (Å²) in [6.45, 7) is 13.4. The van der Waals surface area contributed by atoms with Crippen LogP contribution in [0.4, 0.5) is 16.2 Å². The normalized spacial score (nSPS) is 15.7. The highest BCUT2D eigenvalue weighted by Crippen LogP contribution is 2.35. The highest BCUT2D eigenvalue weighted by molar-refractivity contribution is 5.91. The molecule has 4 aromatic rings. The second kappa shape index (κ2) is 11.8. The number of aromatic nitrogens is 4. The fraction of sp³-hybridized carbons (Fsp3) is 0.484. The number of amides is 1. The summed E-state index contributed by atoms with van der Waals surface area (Å²) < 4.78 is 13.4. The maximum atomic E-state index is 12.4. The minimum Gasteiger partial charge on any atom is -0.486 e. The van der Waals surface area contributed by atoms with Crippen LogP contribution in [0.15, 0.2) is 42.6 Å². The number of nitrogens with zero attached hydrogens (tertiary/aromatic N) is 6. The second-order valence-corrected chi connectivity index (χ2v) is 11.4. The number of carbonyl (C=O) groups excluding carboxylic acids is 1. The van der Waals surface area contributed by atoms with E-state index in [-0.39, 0.29) is 6.09 Å². The van der Waals surface area contributed by atoms with Crippen LogP contribution in [0.3, 0.4) is 0 Å². The number of ether oxygens (including phenoxy) is 2. The lowest BCUT2D eigenvalue weighted by atomic mass is 9.97. The molecule has 1 fully saturated rings. The molecule has 10 nitrogen and oxygen atoms in total. The fourth-order valence-electron chi connectivity index (χ4n) is 5.26. The molecule has 0 spiro atoms. The molecule has 1 saturated heterocycles. The van der Waals surface area contributed by atoms with Gasteiger partial charge in [0.25, 0.3) is 0 Å². The van der Waals surface area contributed by atoms with Crippen molar-refractivity contribution < 1.29 is 14.3 Å². The average Bonchev–Trinajstić information content (AvgIpc) is 3.41. The summed E-state index contributed by atoms with van der Waals surface area (Å²) in [5.74, 6) is 1.90. The Hall–Kier alpha value is -4.08. The standard InChI is InChI=1S/C29H35N7O3.C2H6/c1-29(2,3)39-28(37)35-13-10-19(11-14-35)18-30-21-7-5-6-20-8-9-22(31-24(20)21)26-32-33-27-25-23(12-15-36(26)27)34(4)16-17-38-25;1-2/h5-9,12,15,19,30H,10-11,13-14,16-18H2,1-4H3;1-2H3. The summed E-state index contributed by atoms with van der Waals surface area (Å²) in [5, 5.41) is 13.6. The Kier molecular flexibility index (Phi) is 8.19. The number of rotatable bonds is 4. The number of likely N-dealkylation sites (tertiary alicyclic amines) is 1. The number of piperidine rings is 1. The minimum absolute atomic E-state index is 0.222. The lowest BCUT2D eigenvalue weighted by Gasteiger charge is -2.33. The van der Waals surface area contributed by atoms with Gasteiger partial charge in [-0.3, -0.25) is 4.40 Å². The number of pyridine rings is 2. The number of anilines is 2. The highest BCUT2D eigenvalue weighted by Gasteiger charge is 2.27. The van der Waals surface area contributed by atoms with Crippen LogP contribution < -0.4 is 15.0 Å². The molecule has 0 unspecified atom stereocenters. The Balaban J connectivity index is 0.00000165. The Morgan fingerprint density at radius 3 is 2.61 bits per heavy atom. The van der Waals surface area contributed by atoms with E-state index in [0.717, 1.165) is 59.7 Å². The van der Waals surface area contributed by atoms with Gasteiger partial charge in [0.15, 0.2) is 11.6 Å². The first kappa shape index (κ1) is 28.4. The SMILES string of the molecule is CC.CN1CCOc2c1ccn1c(-c3ccc4cccc(NCC5CCN(C(=O)OC(C)(C)C)CC5)c4n3)nnc21. The van der Waals surface area contributed by atoms with Crippen molar-refractivity contribution >= 4 is 34.0 Å². The zero-order valence-corrected chi connectivity index (χ0v) is 25.0. The van der Waals surface area contributed by atoms with E-state index < -0.39 is 5.60 Å². The molecule has 0 atom stereocenters. The molecule has 0 radical (unpaired) electrons. The molecule has 1 amide bonds. The van der Waals surface area contributed by atoms with Crippen LogP contribution in [0.5, 0.6) is 5.75 Å². The third kappa shape index (κ3) is 6.01. The number of carbonyl (C=O) groups is 1. The molecular weight excluding hydrogens is 518 g/mol. The first-order valence-corrected chi connectivity index (χ1v) is 14.6. The van der Waals surface area contributed by atoms with E-state index in [1.807, 2.05) is 68.3 Å². The predicted octanol–water partition coefficient (Wildman–Crippen LogP) is 5.86. The molecule has 10 heteroatoms. The molecule has 2 aliphatic rings. The maximum Gasteiger partial charge on any atom is 0.410 e. The van der Waals surface area contributed by atoms with Crippen LogP contribution in [-0.4, -0.2) is 76.0 Å². The number of hydrogen-bond donors (Lipinski definition) is 1. The van der Waals surface area contributed by atoms with Gasteiger partial charge >= 0.3 is 6.09 Å². The zero-order valence-electron chi connectivity index (χ0n) is 25.0. The van der Waals surface area contributed by atoms with Crippen molar-refractivity contribution in [1.29, 1.82) is 0 Å². The number of hydrogen-bond acceptors (Lipinski definition) is 8. The van der Waals surface area contributed by atoms with Gasteiger partial charge in [0.2, 0.25) is 5.65 Å². The van der Waals surface area contributed by atoms with E-state index >= 15 is 0 Å². The Labute approximate surface area is 241 Å². The van der Waals surface area contributed by atoms with Gasteiger partial charge in [-0.25, -0.2) is 9.78 Å². The van der Waals surface area contributed by atoms with Crippen LogP contribution >= 0.6 is 0 Å². The molecule has 3 aromatic heterocycles. The van der Waals surface area contributed by atoms with Gasteiger partial charge in [-0.15, -0.1) is 10.2 Å². The van der Waals surface area contributed by atoms with Gasteiger partial charge in [-0.05, 0) is 57.7 Å². The molecule has 6 rings (SSSR count). The van der Waals surface area contributed by atoms with E-state index in [4.69, 9.17) is 14.5 Å². The minimum atomic E-state index is -0.474. The van der Waals surface area contributed by atoms with Gasteiger partial charge in [0.1, 0.15) is 17.9 Å². The number of benzene rings is 1. The van der Waals surface area contributed by atoms with Crippen molar-refractivity contribution in [2.45, 2.75) is 53.1 Å². The summed E-state index contributed by atoms with van der Waals surface area (Å²) in [4.78, 5) is 21.4. The highest BCUT2D eigenvalue weighted by atomic mass is 16.6. The van der Waals surface area contributed by atoms with Gasteiger partial charge in [0, 0.05) is 38.3 Å². The topological polar surface area (TPSA) is 97.1 Å². The zero-order chi connectivity index (χ0) is 29.1. The van der Waals surface area contributed by atoms with Gasteiger partial charge in [-0.2, -0.15) is 0 Å². The third-order valence-electron chi connectivity index (χ3n) is 7.39. The molecule has 2 aliphatic heterocycles. The number of para-hydroxylation sites is 1. The number of nitrogens with one attached hydrogen (secondary N) is 1. The largest absolute Gasteiger partial charge is 0.486 e. The summed E-state index contributed by atoms with van der Waals surface area (Å²) in [5.41, 5.74) is 3.87. The van der Waals surface area contributed by atoms with E-state index in [2.05, 4.69) is 45.7 Å². The monoisotopic (exact) mass is 559 g/mol. The van der Waals surface area contributed by atoms with Crippen molar-refractivity contribution in [2.24, 2.45) is 5.92 Å². The molecule has 0 aliphatic carbocycles. The summed E-state index contributed by atoms with van der Waals surface area (Å²) in [6, 6.07) is 12.3. The van der Waals surface area contributed by atoms with E-state index in [1.165, 1.54) is 0 Å². The van der Waals surface area contributed by atoms with Crippen LogP contribution in [0, 0.1) is 5.92 Å². The Morgan fingerprint density at radius 1 is 1.07 bits per heavy atom. The van der Waals surface area contributed by atoms with Gasteiger partial charge < -0.3 is 24.6 Å². The molecule has 41 heavy (non-hydrogen) atoms. The molecular formula is C31H41N7O3. The van der Waals surface area contributed by atoms with Gasteiger partial charge in [0.05, 0.1) is 23.4 Å². The predicted molar refractivity (Wildman–Crippen MR) is 163 cm³/mol. The lowest BCUT2D eigenvalue weighted by Crippen LogP contribution is -2.42. The summed E-state index contributed by atoms with van der Waals surface area (Å²) >= 11 is 0. The van der Waals surface area contributed by atoms with E-state index in [9.17, 15) is 4.79 Å². The van der Waals surface area contributed by atoms with Crippen molar-refractivity contribution in [2.75, 3.05) is 50.1 Å². The molecule has 0 saturated carbocycles. The third-order valence-corrected chi connectivity index (χ3v) is 7.39. The first-order valence-electron chi connectivity index (χ1n) is 14.6. The lowest BCUT2D eigenvalue weighted by molar-refractivity contribution is 0.0188. The second-order valence-electron chi connectivity index (χ2n) is 11.4.